The molecule has 118 valence electrons. The van der Waals surface area contributed by atoms with Gasteiger partial charge in [0.25, 0.3) is 5.91 Å². The average Bonchev–Trinajstić information content (AvgIpc) is 2.87. The monoisotopic (exact) mass is 337 g/mol. The Morgan fingerprint density at radius 1 is 1.36 bits per heavy atom. The molecular weight excluding hydrogens is 318 g/mol. The van der Waals surface area contributed by atoms with Crippen LogP contribution in [-0.2, 0) is 6.42 Å². The van der Waals surface area contributed by atoms with Crippen molar-refractivity contribution in [3.8, 4) is 5.75 Å². The Kier molecular flexibility index (Phi) is 5.86. The van der Waals surface area contributed by atoms with E-state index < -0.39 is 0 Å². The lowest BCUT2D eigenvalue weighted by Crippen LogP contribution is -2.30. The third kappa shape index (κ3) is 4.24. The van der Waals surface area contributed by atoms with E-state index in [1.54, 1.807) is 35.4 Å². The number of aryl methyl sites for hydroxylation is 2. The zero-order chi connectivity index (χ0) is 16.1. The summed E-state index contributed by atoms with van der Waals surface area (Å²) >= 11 is 7.48. The van der Waals surface area contributed by atoms with E-state index in [4.69, 9.17) is 16.3 Å². The number of rotatable bonds is 6. The van der Waals surface area contributed by atoms with Crippen LogP contribution in [0, 0.1) is 6.92 Å². The van der Waals surface area contributed by atoms with Gasteiger partial charge in [-0.05, 0) is 43.2 Å². The summed E-state index contributed by atoms with van der Waals surface area (Å²) in [5.74, 6) is 0.760. The highest BCUT2D eigenvalue weighted by Gasteiger charge is 2.15. The van der Waals surface area contributed by atoms with Crippen LogP contribution < -0.4 is 4.74 Å². The number of nitrogens with zero attached hydrogens (tertiary/aromatic N) is 1. The van der Waals surface area contributed by atoms with Crippen LogP contribution in [0.2, 0.25) is 5.02 Å². The third-order valence-corrected chi connectivity index (χ3v) is 5.00. The van der Waals surface area contributed by atoms with Crippen LogP contribution in [0.25, 0.3) is 0 Å². The summed E-state index contributed by atoms with van der Waals surface area (Å²) in [6, 6.07) is 9.23. The van der Waals surface area contributed by atoms with Crippen molar-refractivity contribution in [2.45, 2.75) is 20.3 Å². The molecule has 1 aromatic carbocycles. The summed E-state index contributed by atoms with van der Waals surface area (Å²) in [6.07, 6.45) is 0.964. The fourth-order valence-electron chi connectivity index (χ4n) is 2.12. The highest BCUT2D eigenvalue weighted by Crippen LogP contribution is 2.23. The Morgan fingerprint density at radius 3 is 2.77 bits per heavy atom. The van der Waals surface area contributed by atoms with Crippen LogP contribution in [0.3, 0.4) is 0 Å². The molecule has 22 heavy (non-hydrogen) atoms. The molecule has 3 nitrogen and oxygen atoms in total. The Morgan fingerprint density at radius 2 is 2.14 bits per heavy atom. The molecule has 0 aliphatic carbocycles. The van der Waals surface area contributed by atoms with E-state index in [0.29, 0.717) is 23.9 Å². The second-order valence-corrected chi connectivity index (χ2v) is 6.68. The molecule has 5 heteroatoms. The van der Waals surface area contributed by atoms with E-state index in [1.165, 1.54) is 10.4 Å². The van der Waals surface area contributed by atoms with E-state index >= 15 is 0 Å². The number of ether oxygens (including phenoxy) is 1. The molecule has 2 aromatic rings. The summed E-state index contributed by atoms with van der Waals surface area (Å²) < 4.78 is 5.62. The number of amides is 1. The summed E-state index contributed by atoms with van der Waals surface area (Å²) in [4.78, 5) is 16.1. The summed E-state index contributed by atoms with van der Waals surface area (Å²) in [5.41, 5.74) is 1.19. The summed E-state index contributed by atoms with van der Waals surface area (Å²) in [7, 11) is 1.80. The van der Waals surface area contributed by atoms with Gasteiger partial charge in [-0.25, -0.2) is 0 Å². The van der Waals surface area contributed by atoms with Crippen LogP contribution in [0.4, 0.5) is 0 Å². The van der Waals surface area contributed by atoms with E-state index in [2.05, 4.69) is 6.92 Å². The van der Waals surface area contributed by atoms with Crippen molar-refractivity contribution >= 4 is 28.8 Å². The zero-order valence-electron chi connectivity index (χ0n) is 13.1. The maximum atomic E-state index is 12.4. The van der Waals surface area contributed by atoms with Gasteiger partial charge in [-0.15, -0.1) is 11.3 Å². The molecular formula is C17H20ClNO2S. The van der Waals surface area contributed by atoms with Gasteiger partial charge in [0.05, 0.1) is 11.4 Å². The SMILES string of the molecule is CCc1sc(C(=O)N(C)CCOc2cccc(Cl)c2)cc1C. The van der Waals surface area contributed by atoms with E-state index in [0.717, 1.165) is 11.3 Å². The van der Waals surface area contributed by atoms with Crippen molar-refractivity contribution in [1.29, 1.82) is 0 Å². The van der Waals surface area contributed by atoms with Crippen molar-refractivity contribution in [2.24, 2.45) is 0 Å². The van der Waals surface area contributed by atoms with Crippen molar-refractivity contribution in [3.05, 3.63) is 50.7 Å². The molecule has 0 spiro atoms. The van der Waals surface area contributed by atoms with Crippen molar-refractivity contribution in [1.82, 2.24) is 4.90 Å². The highest BCUT2D eigenvalue weighted by atomic mass is 35.5. The fraction of sp³-hybridized carbons (Fsp3) is 0.353. The van der Waals surface area contributed by atoms with Crippen LogP contribution in [0.1, 0.15) is 27.0 Å². The van der Waals surface area contributed by atoms with Crippen molar-refractivity contribution in [3.63, 3.8) is 0 Å². The molecule has 1 amide bonds. The van der Waals surface area contributed by atoms with Crippen LogP contribution in [0.15, 0.2) is 30.3 Å². The van der Waals surface area contributed by atoms with Crippen molar-refractivity contribution in [2.75, 3.05) is 20.2 Å². The molecule has 0 radical (unpaired) electrons. The van der Waals surface area contributed by atoms with Gasteiger partial charge in [0, 0.05) is 16.9 Å². The largest absolute Gasteiger partial charge is 0.492 e. The van der Waals surface area contributed by atoms with Gasteiger partial charge in [0.1, 0.15) is 12.4 Å². The first kappa shape index (κ1) is 16.8. The normalized spacial score (nSPS) is 10.5. The summed E-state index contributed by atoms with van der Waals surface area (Å²) in [6.45, 7) is 5.13. The van der Waals surface area contributed by atoms with E-state index in [9.17, 15) is 4.79 Å². The molecule has 0 unspecified atom stereocenters. The van der Waals surface area contributed by atoms with Gasteiger partial charge in [-0.2, -0.15) is 0 Å². The van der Waals surface area contributed by atoms with E-state index in [-0.39, 0.29) is 5.91 Å². The highest BCUT2D eigenvalue weighted by molar-refractivity contribution is 7.14. The number of likely N-dealkylation sites (N-methyl/N-ethyl adjacent to an activating group) is 1. The first-order valence-corrected chi connectivity index (χ1v) is 8.44. The van der Waals surface area contributed by atoms with Crippen LogP contribution in [-0.4, -0.2) is 31.0 Å². The average molecular weight is 338 g/mol. The lowest BCUT2D eigenvalue weighted by atomic mass is 10.2. The number of benzene rings is 1. The molecule has 0 aliphatic rings. The Hall–Kier alpha value is -1.52. The second-order valence-electron chi connectivity index (χ2n) is 5.10. The van der Waals surface area contributed by atoms with Gasteiger partial charge < -0.3 is 9.64 Å². The quantitative estimate of drug-likeness (QED) is 0.780. The fourth-order valence-corrected chi connectivity index (χ4v) is 3.41. The predicted molar refractivity (Wildman–Crippen MR) is 92.3 cm³/mol. The molecule has 2 rings (SSSR count). The number of thiophene rings is 1. The second kappa shape index (κ2) is 7.65. The van der Waals surface area contributed by atoms with Gasteiger partial charge in [-0.3, -0.25) is 4.79 Å². The number of hydrogen-bond acceptors (Lipinski definition) is 3. The van der Waals surface area contributed by atoms with E-state index in [1.807, 2.05) is 25.1 Å². The number of carbonyl (C=O) groups excluding carboxylic acids is 1. The third-order valence-electron chi connectivity index (χ3n) is 3.39. The Bertz CT molecular complexity index is 654. The Balaban J connectivity index is 1.88. The topological polar surface area (TPSA) is 29.5 Å². The van der Waals surface area contributed by atoms with Gasteiger partial charge in [0.2, 0.25) is 0 Å². The molecule has 0 bridgehead atoms. The summed E-state index contributed by atoms with van der Waals surface area (Å²) in [5, 5.41) is 0.642. The molecule has 0 atom stereocenters. The molecule has 1 heterocycles. The van der Waals surface area contributed by atoms with Gasteiger partial charge in [0.15, 0.2) is 0 Å². The van der Waals surface area contributed by atoms with Gasteiger partial charge >= 0.3 is 0 Å². The molecule has 0 saturated heterocycles. The number of hydrogen-bond donors (Lipinski definition) is 0. The predicted octanol–water partition coefficient (Wildman–Crippen LogP) is 4.42. The molecule has 0 aliphatic heterocycles. The van der Waals surface area contributed by atoms with Crippen molar-refractivity contribution < 1.29 is 9.53 Å². The van der Waals surface area contributed by atoms with Crippen LogP contribution >= 0.6 is 22.9 Å². The zero-order valence-corrected chi connectivity index (χ0v) is 14.6. The number of halogens is 1. The van der Waals surface area contributed by atoms with Crippen LogP contribution in [0.5, 0.6) is 5.75 Å². The lowest BCUT2D eigenvalue weighted by Gasteiger charge is -2.16. The maximum absolute atomic E-state index is 12.4. The Labute approximate surface area is 140 Å². The minimum atomic E-state index is 0.0440. The lowest BCUT2D eigenvalue weighted by molar-refractivity contribution is 0.0778. The molecule has 0 N–H and O–H groups in total. The maximum Gasteiger partial charge on any atom is 0.263 e. The number of carbonyl (C=O) groups is 1. The molecule has 0 saturated carbocycles. The minimum absolute atomic E-state index is 0.0440. The molecule has 1 aromatic heterocycles. The first-order valence-electron chi connectivity index (χ1n) is 7.24. The smallest absolute Gasteiger partial charge is 0.263 e. The molecule has 0 fully saturated rings. The van der Waals surface area contributed by atoms with Gasteiger partial charge in [-0.1, -0.05) is 24.6 Å². The minimum Gasteiger partial charge on any atom is -0.492 e. The first-order chi connectivity index (χ1) is 10.5. The standard InChI is InChI=1S/C17H20ClNO2S/c1-4-15-12(2)10-16(22-15)17(20)19(3)8-9-21-14-7-5-6-13(18)11-14/h5-7,10-11H,4,8-9H2,1-3H3.